The second-order valence-electron chi connectivity index (χ2n) is 16.0. The van der Waals surface area contributed by atoms with Crippen LogP contribution < -0.4 is 4.90 Å². The molecule has 3 heterocycles. The van der Waals surface area contributed by atoms with Crippen molar-refractivity contribution >= 4 is 93.7 Å². The number of fused-ring (bicyclic) bond motifs is 11. The molecule has 290 valence electrons. The summed E-state index contributed by atoms with van der Waals surface area (Å²) in [7, 11) is 0. The van der Waals surface area contributed by atoms with Gasteiger partial charge in [0.25, 0.3) is 0 Å². The van der Waals surface area contributed by atoms with Gasteiger partial charge < -0.3 is 18.2 Å². The molecule has 0 aliphatic rings. The summed E-state index contributed by atoms with van der Waals surface area (Å²) in [6.07, 6.45) is 0. The smallest absolute Gasteiger partial charge is 0.143 e. The van der Waals surface area contributed by atoms with E-state index in [9.17, 15) is 0 Å². The van der Waals surface area contributed by atoms with Gasteiger partial charge in [0.2, 0.25) is 0 Å². The van der Waals surface area contributed by atoms with Gasteiger partial charge in [-0.1, -0.05) is 127 Å². The molecule has 10 aromatic carbocycles. The van der Waals surface area contributed by atoms with Crippen LogP contribution in [0.3, 0.4) is 0 Å². The molecule has 0 N–H and O–H groups in total. The van der Waals surface area contributed by atoms with E-state index in [1.54, 1.807) is 0 Å². The molecule has 0 saturated heterocycles. The molecule has 62 heavy (non-hydrogen) atoms. The van der Waals surface area contributed by atoms with Crippen molar-refractivity contribution in [3.8, 4) is 33.4 Å². The molecule has 4 nitrogen and oxygen atoms in total. The van der Waals surface area contributed by atoms with Crippen LogP contribution in [0.25, 0.3) is 110 Å². The average molecular weight is 794 g/mol. The molecule has 13 aromatic rings. The number of hydrogen-bond donors (Lipinski definition) is 0. The topological polar surface area (TPSA) is 42.7 Å². The van der Waals surface area contributed by atoms with Crippen LogP contribution in [0.2, 0.25) is 0 Å². The monoisotopic (exact) mass is 793 g/mol. The molecule has 0 atom stereocenters. The Labute approximate surface area is 356 Å². The van der Waals surface area contributed by atoms with E-state index in [2.05, 4.69) is 193 Å². The molecular formula is C58H35NO3. The second kappa shape index (κ2) is 13.6. The Morgan fingerprint density at radius 3 is 1.31 bits per heavy atom. The summed E-state index contributed by atoms with van der Waals surface area (Å²) in [6.45, 7) is 0. The normalized spacial score (nSPS) is 11.9. The lowest BCUT2D eigenvalue weighted by molar-refractivity contribution is 0.668. The van der Waals surface area contributed by atoms with E-state index in [1.807, 2.05) is 24.3 Å². The van der Waals surface area contributed by atoms with Crippen molar-refractivity contribution in [1.29, 1.82) is 0 Å². The minimum Gasteiger partial charge on any atom is -0.456 e. The van der Waals surface area contributed by atoms with Crippen molar-refractivity contribution in [2.45, 2.75) is 0 Å². The van der Waals surface area contributed by atoms with E-state index >= 15 is 0 Å². The van der Waals surface area contributed by atoms with Crippen LogP contribution in [0.15, 0.2) is 226 Å². The van der Waals surface area contributed by atoms with Crippen LogP contribution in [-0.4, -0.2) is 0 Å². The zero-order valence-electron chi connectivity index (χ0n) is 33.4. The third-order valence-corrected chi connectivity index (χ3v) is 12.5. The molecule has 3 aromatic heterocycles. The van der Waals surface area contributed by atoms with Gasteiger partial charge in [0.05, 0.1) is 0 Å². The lowest BCUT2D eigenvalue weighted by Crippen LogP contribution is -2.09. The molecule has 0 amide bonds. The standard InChI is InChI=1S/C58H35NO3/c1-2-9-46-38(8-1)22-33-51-57-45(12-7-15-54(57)62-58(46)51)39-20-29-44(30-21-39)59(42-25-16-36(17-26-42)40-23-31-49-47-10-3-5-13-52(47)60-55(49)34-40)43-27-18-37(19-28-43)41-24-32-50-48-11-4-6-14-53(48)61-56(50)35-41/h1-35H. The fourth-order valence-electron chi connectivity index (χ4n) is 9.45. The van der Waals surface area contributed by atoms with Gasteiger partial charge in [-0.2, -0.15) is 0 Å². The number of hydrogen-bond acceptors (Lipinski definition) is 4. The lowest BCUT2D eigenvalue weighted by Gasteiger charge is -2.26. The molecule has 0 unspecified atom stereocenters. The number of para-hydroxylation sites is 2. The maximum Gasteiger partial charge on any atom is 0.143 e. The van der Waals surface area contributed by atoms with Crippen molar-refractivity contribution in [1.82, 2.24) is 0 Å². The third kappa shape index (κ3) is 5.47. The first-order chi connectivity index (χ1) is 30.7. The second-order valence-corrected chi connectivity index (χ2v) is 16.0. The van der Waals surface area contributed by atoms with Crippen LogP contribution >= 0.6 is 0 Å². The molecule has 13 rings (SSSR count). The maximum absolute atomic E-state index is 6.54. The van der Waals surface area contributed by atoms with Gasteiger partial charge in [-0.05, 0) is 124 Å². The number of anilines is 3. The number of rotatable bonds is 6. The van der Waals surface area contributed by atoms with E-state index < -0.39 is 0 Å². The molecule has 0 saturated carbocycles. The number of nitrogens with zero attached hydrogens (tertiary/aromatic N) is 1. The summed E-state index contributed by atoms with van der Waals surface area (Å²) in [5.74, 6) is 0. The lowest BCUT2D eigenvalue weighted by atomic mass is 9.98. The molecular weight excluding hydrogens is 759 g/mol. The van der Waals surface area contributed by atoms with Crippen LogP contribution in [0.4, 0.5) is 17.1 Å². The first kappa shape index (κ1) is 34.5. The Morgan fingerprint density at radius 2 is 0.726 bits per heavy atom. The Balaban J connectivity index is 0.891. The van der Waals surface area contributed by atoms with Gasteiger partial charge in [-0.25, -0.2) is 0 Å². The summed E-state index contributed by atoms with van der Waals surface area (Å²) in [5.41, 5.74) is 15.3. The summed E-state index contributed by atoms with van der Waals surface area (Å²) < 4.78 is 19.0. The number of benzene rings is 10. The van der Waals surface area contributed by atoms with Crippen molar-refractivity contribution in [3.63, 3.8) is 0 Å². The molecule has 0 bridgehead atoms. The molecule has 0 aliphatic carbocycles. The highest BCUT2D eigenvalue weighted by Gasteiger charge is 2.18. The summed E-state index contributed by atoms with van der Waals surface area (Å²) in [4.78, 5) is 2.32. The van der Waals surface area contributed by atoms with Crippen LogP contribution in [-0.2, 0) is 0 Å². The zero-order chi connectivity index (χ0) is 40.7. The van der Waals surface area contributed by atoms with Gasteiger partial charge in [0, 0.05) is 54.8 Å². The summed E-state index contributed by atoms with van der Waals surface area (Å²) in [6, 6.07) is 75.1. The van der Waals surface area contributed by atoms with E-state index in [0.29, 0.717) is 0 Å². The largest absolute Gasteiger partial charge is 0.456 e. The van der Waals surface area contributed by atoms with Gasteiger partial charge in [0.1, 0.15) is 33.5 Å². The average Bonchev–Trinajstić information content (AvgIpc) is 4.03. The van der Waals surface area contributed by atoms with Gasteiger partial charge in [-0.3, -0.25) is 0 Å². The first-order valence-corrected chi connectivity index (χ1v) is 21.0. The van der Waals surface area contributed by atoms with E-state index in [1.165, 1.54) is 5.39 Å². The van der Waals surface area contributed by atoms with Crippen molar-refractivity contribution < 1.29 is 13.3 Å². The van der Waals surface area contributed by atoms with Gasteiger partial charge in [-0.15, -0.1) is 0 Å². The molecule has 0 fully saturated rings. The van der Waals surface area contributed by atoms with Crippen molar-refractivity contribution in [2.24, 2.45) is 0 Å². The zero-order valence-corrected chi connectivity index (χ0v) is 33.4. The highest BCUT2D eigenvalue weighted by Crippen LogP contribution is 2.42. The Kier molecular flexibility index (Phi) is 7.57. The van der Waals surface area contributed by atoms with Crippen LogP contribution in [0.5, 0.6) is 0 Å². The quantitative estimate of drug-likeness (QED) is 0.168. The molecule has 0 radical (unpaired) electrons. The molecule has 0 aliphatic heterocycles. The SMILES string of the molecule is c1ccc2c(c1)ccc1c2oc2cccc(-c3ccc(N(c4ccc(-c5ccc6c(c5)oc5ccccc56)cc4)c4ccc(-c5ccc6c(c5)oc5ccccc56)cc4)cc3)c21. The minimum absolute atomic E-state index is 0.888. The van der Waals surface area contributed by atoms with Gasteiger partial charge in [0.15, 0.2) is 0 Å². The Hall–Kier alpha value is -8.34. The molecule has 4 heteroatoms. The Morgan fingerprint density at radius 1 is 0.274 bits per heavy atom. The van der Waals surface area contributed by atoms with Crippen molar-refractivity contribution in [2.75, 3.05) is 4.90 Å². The predicted octanol–water partition coefficient (Wildman–Crippen LogP) is 17.0. The van der Waals surface area contributed by atoms with Crippen molar-refractivity contribution in [3.05, 3.63) is 212 Å². The predicted molar refractivity (Wildman–Crippen MR) is 257 cm³/mol. The Bertz CT molecular complexity index is 3690. The van der Waals surface area contributed by atoms with Crippen LogP contribution in [0, 0.1) is 0 Å². The van der Waals surface area contributed by atoms with Gasteiger partial charge >= 0.3 is 0 Å². The van der Waals surface area contributed by atoms with E-state index in [0.717, 1.165) is 122 Å². The van der Waals surface area contributed by atoms with E-state index in [4.69, 9.17) is 13.3 Å². The molecule has 0 spiro atoms. The van der Waals surface area contributed by atoms with Crippen LogP contribution in [0.1, 0.15) is 0 Å². The number of furan rings is 3. The summed E-state index contributed by atoms with van der Waals surface area (Å²) >= 11 is 0. The highest BCUT2D eigenvalue weighted by molar-refractivity contribution is 6.19. The van der Waals surface area contributed by atoms with E-state index in [-0.39, 0.29) is 0 Å². The fourth-order valence-corrected chi connectivity index (χ4v) is 9.45. The minimum atomic E-state index is 0.888. The third-order valence-electron chi connectivity index (χ3n) is 12.5. The fraction of sp³-hybridized carbons (Fsp3) is 0. The first-order valence-electron chi connectivity index (χ1n) is 21.0. The summed E-state index contributed by atoms with van der Waals surface area (Å²) in [5, 5.41) is 9.08. The maximum atomic E-state index is 6.54. The highest BCUT2D eigenvalue weighted by atomic mass is 16.3.